The molecule has 0 N–H and O–H groups in total. The molecule has 1 aromatic rings. The van der Waals surface area contributed by atoms with Crippen LogP contribution in [0.1, 0.15) is 21.6 Å². The third-order valence-corrected chi connectivity index (χ3v) is 2.90. The second-order valence-electron chi connectivity index (χ2n) is 2.82. The quantitative estimate of drug-likeness (QED) is 0.584. The molecule has 0 saturated heterocycles. The van der Waals surface area contributed by atoms with Crippen LogP contribution in [0.5, 0.6) is 0 Å². The highest BCUT2D eigenvalue weighted by Gasteiger charge is 2.17. The van der Waals surface area contributed by atoms with E-state index in [2.05, 4.69) is 37.3 Å². The molecule has 0 atom stereocenters. The summed E-state index contributed by atoms with van der Waals surface area (Å²) in [6.45, 7) is 0.606. The average Bonchev–Trinajstić information content (AvgIpc) is 2.59. The first-order valence-electron chi connectivity index (χ1n) is 4.00. The second-order valence-corrected chi connectivity index (χ2v) is 3.84. The topological polar surface area (TPSA) is 51.5 Å². The van der Waals surface area contributed by atoms with Crippen molar-refractivity contribution in [3.63, 3.8) is 0 Å². The molecule has 0 aromatic carbocycles. The SMILES string of the molecule is COC(=O)c1cnc2c(c1)C(I)=NC2. The Kier molecular flexibility index (Phi) is 2.49. The lowest BCUT2D eigenvalue weighted by molar-refractivity contribution is 0.0600. The number of carbonyl (C=O) groups excluding carboxylic acids is 1. The molecule has 72 valence electrons. The zero-order valence-electron chi connectivity index (χ0n) is 7.45. The number of ether oxygens (including phenoxy) is 1. The van der Waals surface area contributed by atoms with E-state index in [1.807, 2.05) is 0 Å². The number of aliphatic imine (C=N–C) groups is 1. The number of rotatable bonds is 1. The van der Waals surface area contributed by atoms with Gasteiger partial charge in [-0.25, -0.2) is 4.79 Å². The van der Waals surface area contributed by atoms with Crippen LogP contribution in [0.3, 0.4) is 0 Å². The van der Waals surface area contributed by atoms with E-state index < -0.39 is 0 Å². The summed E-state index contributed by atoms with van der Waals surface area (Å²) in [5.74, 6) is -0.364. The lowest BCUT2D eigenvalue weighted by Gasteiger charge is -2.01. The molecule has 1 aliphatic rings. The average molecular weight is 302 g/mol. The maximum absolute atomic E-state index is 11.2. The fraction of sp³-hybridized carbons (Fsp3) is 0.222. The zero-order chi connectivity index (χ0) is 10.1. The summed E-state index contributed by atoms with van der Waals surface area (Å²) in [4.78, 5) is 19.6. The Labute approximate surface area is 94.5 Å². The highest BCUT2D eigenvalue weighted by atomic mass is 127. The summed E-state index contributed by atoms with van der Waals surface area (Å²) >= 11 is 2.13. The number of halogens is 1. The monoisotopic (exact) mass is 302 g/mol. The van der Waals surface area contributed by atoms with Crippen LogP contribution in [0.4, 0.5) is 0 Å². The van der Waals surface area contributed by atoms with Crippen molar-refractivity contribution in [2.45, 2.75) is 6.54 Å². The second kappa shape index (κ2) is 3.64. The molecular formula is C9H7IN2O2. The molecule has 1 aliphatic heterocycles. The Morgan fingerprint density at radius 3 is 3.14 bits per heavy atom. The van der Waals surface area contributed by atoms with Gasteiger partial charge < -0.3 is 4.74 Å². The minimum atomic E-state index is -0.364. The minimum absolute atomic E-state index is 0.364. The first kappa shape index (κ1) is 9.57. The number of methoxy groups -OCH3 is 1. The van der Waals surface area contributed by atoms with Crippen molar-refractivity contribution >= 4 is 32.3 Å². The standard InChI is InChI=1S/C9H7IN2O2/c1-14-9(13)5-2-6-7(11-3-5)4-12-8(6)10/h2-3H,4H2,1H3. The molecule has 4 nitrogen and oxygen atoms in total. The van der Waals surface area contributed by atoms with Gasteiger partial charge in [-0.15, -0.1) is 0 Å². The maximum Gasteiger partial charge on any atom is 0.339 e. The van der Waals surface area contributed by atoms with Crippen LogP contribution in [-0.2, 0) is 11.3 Å². The van der Waals surface area contributed by atoms with Crippen LogP contribution in [0.15, 0.2) is 17.3 Å². The van der Waals surface area contributed by atoms with Crippen LogP contribution < -0.4 is 0 Å². The van der Waals surface area contributed by atoms with Gasteiger partial charge in [-0.2, -0.15) is 0 Å². The van der Waals surface area contributed by atoms with Gasteiger partial charge in [-0.3, -0.25) is 9.98 Å². The summed E-state index contributed by atoms with van der Waals surface area (Å²) in [5, 5.41) is 0. The molecule has 14 heavy (non-hydrogen) atoms. The largest absolute Gasteiger partial charge is 0.465 e. The molecule has 0 saturated carbocycles. The molecule has 0 unspecified atom stereocenters. The summed E-state index contributed by atoms with van der Waals surface area (Å²) in [7, 11) is 1.36. The molecule has 0 amide bonds. The fourth-order valence-corrected chi connectivity index (χ4v) is 1.89. The molecule has 0 spiro atoms. The smallest absolute Gasteiger partial charge is 0.339 e. The Bertz CT molecular complexity index is 429. The third kappa shape index (κ3) is 1.52. The third-order valence-electron chi connectivity index (χ3n) is 1.98. The van der Waals surface area contributed by atoms with Gasteiger partial charge in [0.1, 0.15) is 3.72 Å². The van der Waals surface area contributed by atoms with Gasteiger partial charge in [0, 0.05) is 11.8 Å². The van der Waals surface area contributed by atoms with Crippen molar-refractivity contribution in [2.75, 3.05) is 7.11 Å². The van der Waals surface area contributed by atoms with E-state index >= 15 is 0 Å². The molecule has 0 bridgehead atoms. The van der Waals surface area contributed by atoms with Crippen molar-refractivity contribution in [1.29, 1.82) is 0 Å². The zero-order valence-corrected chi connectivity index (χ0v) is 9.61. The van der Waals surface area contributed by atoms with Crippen molar-refractivity contribution in [3.05, 3.63) is 29.1 Å². The van der Waals surface area contributed by atoms with Crippen molar-refractivity contribution in [3.8, 4) is 0 Å². The lowest BCUT2D eigenvalue weighted by Crippen LogP contribution is -2.04. The molecule has 2 heterocycles. The van der Waals surface area contributed by atoms with Gasteiger partial charge in [0.2, 0.25) is 0 Å². The summed E-state index contributed by atoms with van der Waals surface area (Å²) in [5.41, 5.74) is 2.33. The van der Waals surface area contributed by atoms with E-state index in [0.717, 1.165) is 15.0 Å². The van der Waals surface area contributed by atoms with E-state index in [1.165, 1.54) is 13.3 Å². The number of nitrogens with zero attached hydrogens (tertiary/aromatic N) is 2. The number of carbonyl (C=O) groups is 1. The number of esters is 1. The van der Waals surface area contributed by atoms with Crippen LogP contribution in [-0.4, -0.2) is 21.8 Å². The van der Waals surface area contributed by atoms with E-state index in [-0.39, 0.29) is 5.97 Å². The number of hydrogen-bond donors (Lipinski definition) is 0. The van der Waals surface area contributed by atoms with Gasteiger partial charge in [-0.1, -0.05) is 0 Å². The predicted octanol–water partition coefficient (Wildman–Crippen LogP) is 1.56. The van der Waals surface area contributed by atoms with Gasteiger partial charge in [0.25, 0.3) is 0 Å². The predicted molar refractivity (Wildman–Crippen MR) is 59.8 cm³/mol. The van der Waals surface area contributed by atoms with E-state index in [9.17, 15) is 4.79 Å². The molecule has 5 heteroatoms. The molecular weight excluding hydrogens is 295 g/mol. The summed E-state index contributed by atoms with van der Waals surface area (Å²) in [6.07, 6.45) is 1.52. The van der Waals surface area contributed by atoms with Gasteiger partial charge >= 0.3 is 5.97 Å². The molecule has 0 radical (unpaired) electrons. The molecule has 2 rings (SSSR count). The van der Waals surface area contributed by atoms with E-state index in [1.54, 1.807) is 6.07 Å². The van der Waals surface area contributed by atoms with Gasteiger partial charge in [-0.05, 0) is 28.7 Å². The molecule has 1 aromatic heterocycles. The molecule has 0 fully saturated rings. The number of pyridine rings is 1. The Morgan fingerprint density at radius 2 is 2.43 bits per heavy atom. The van der Waals surface area contributed by atoms with Crippen molar-refractivity contribution < 1.29 is 9.53 Å². The normalized spacial score (nSPS) is 13.4. The summed E-state index contributed by atoms with van der Waals surface area (Å²) < 4.78 is 5.51. The highest BCUT2D eigenvalue weighted by Crippen LogP contribution is 2.21. The lowest BCUT2D eigenvalue weighted by atomic mass is 10.2. The Hall–Kier alpha value is -0.980. The first-order valence-corrected chi connectivity index (χ1v) is 5.08. The number of aromatic nitrogens is 1. The molecule has 0 aliphatic carbocycles. The highest BCUT2D eigenvalue weighted by molar-refractivity contribution is 14.1. The van der Waals surface area contributed by atoms with Crippen molar-refractivity contribution in [1.82, 2.24) is 4.98 Å². The minimum Gasteiger partial charge on any atom is -0.465 e. The Morgan fingerprint density at radius 1 is 1.64 bits per heavy atom. The van der Waals surface area contributed by atoms with Crippen LogP contribution in [0.25, 0.3) is 0 Å². The van der Waals surface area contributed by atoms with Gasteiger partial charge in [0.15, 0.2) is 0 Å². The fourth-order valence-electron chi connectivity index (χ4n) is 1.26. The van der Waals surface area contributed by atoms with Gasteiger partial charge in [0.05, 0.1) is 24.9 Å². The first-order chi connectivity index (χ1) is 6.72. The van der Waals surface area contributed by atoms with Crippen LogP contribution in [0, 0.1) is 0 Å². The van der Waals surface area contributed by atoms with Crippen LogP contribution in [0.2, 0.25) is 0 Å². The summed E-state index contributed by atoms with van der Waals surface area (Å²) in [6, 6.07) is 1.77. The maximum atomic E-state index is 11.2. The Balaban J connectivity index is 2.44. The van der Waals surface area contributed by atoms with Crippen LogP contribution >= 0.6 is 22.6 Å². The van der Waals surface area contributed by atoms with E-state index in [0.29, 0.717) is 12.1 Å². The number of hydrogen-bond acceptors (Lipinski definition) is 4. The van der Waals surface area contributed by atoms with Crippen molar-refractivity contribution in [2.24, 2.45) is 4.99 Å². The number of fused-ring (bicyclic) bond motifs is 1. The van der Waals surface area contributed by atoms with E-state index in [4.69, 9.17) is 0 Å².